The van der Waals surface area contributed by atoms with Crippen LogP contribution in [0.15, 0.2) is 36.4 Å². The highest BCUT2D eigenvalue weighted by molar-refractivity contribution is 6.32. The first-order valence-electron chi connectivity index (χ1n) is 10.1. The van der Waals surface area contributed by atoms with Crippen LogP contribution in [-0.2, 0) is 20.4 Å². The lowest BCUT2D eigenvalue weighted by molar-refractivity contribution is -0.147. The molecular weight excluding hydrogens is 482 g/mol. The van der Waals surface area contributed by atoms with Gasteiger partial charge in [-0.3, -0.25) is 9.36 Å². The molecule has 3 aromatic rings. The number of hydrogen-bond acceptors (Lipinski definition) is 6. The first-order chi connectivity index (χ1) is 16.2. The van der Waals surface area contributed by atoms with Gasteiger partial charge < -0.3 is 14.2 Å². The van der Waals surface area contributed by atoms with Gasteiger partial charge in [-0.1, -0.05) is 23.7 Å². The second-order valence-corrected chi connectivity index (χ2v) is 7.67. The number of methoxy groups -OCH3 is 1. The average Bonchev–Trinajstić information content (AvgIpc) is 3.18. The maximum Gasteiger partial charge on any atom is 0.452 e. The van der Waals surface area contributed by atoms with Crippen molar-refractivity contribution in [2.24, 2.45) is 0 Å². The van der Waals surface area contributed by atoms with Gasteiger partial charge in [0.05, 0.1) is 30.8 Å². The second-order valence-electron chi connectivity index (χ2n) is 7.30. The van der Waals surface area contributed by atoms with Gasteiger partial charge in [0, 0.05) is 11.1 Å². The molecule has 0 aliphatic carbocycles. The van der Waals surface area contributed by atoms with E-state index in [1.165, 1.54) is 13.2 Å². The maximum atomic E-state index is 14.4. The number of carbonyl (C=O) groups excluding carboxylic acids is 1. The molecule has 1 aliphatic rings. The Bertz CT molecular complexity index is 1230. The Hall–Kier alpha value is -3.18. The van der Waals surface area contributed by atoms with Gasteiger partial charge in [-0.05, 0) is 31.2 Å². The number of carbonyl (C=O) groups is 1. The molecule has 4 rings (SSSR count). The number of rotatable bonds is 5. The molecule has 2 aromatic carbocycles. The quantitative estimate of drug-likeness (QED) is 0.355. The predicted molar refractivity (Wildman–Crippen MR) is 111 cm³/mol. The van der Waals surface area contributed by atoms with Crippen LogP contribution >= 0.6 is 11.6 Å². The summed E-state index contributed by atoms with van der Waals surface area (Å²) in [5.74, 6) is -2.77. The molecule has 0 amide bonds. The highest BCUT2D eigenvalue weighted by Gasteiger charge is 2.43. The van der Waals surface area contributed by atoms with Crippen LogP contribution in [0.25, 0.3) is 5.69 Å². The van der Waals surface area contributed by atoms with Gasteiger partial charge in [-0.15, -0.1) is 10.2 Å². The van der Waals surface area contributed by atoms with Crippen LogP contribution in [0, 0.1) is 5.82 Å². The molecule has 1 aliphatic heterocycles. The van der Waals surface area contributed by atoms with Crippen molar-refractivity contribution in [2.75, 3.05) is 13.7 Å². The van der Waals surface area contributed by atoms with Crippen molar-refractivity contribution in [3.05, 3.63) is 70.0 Å². The highest BCUT2D eigenvalue weighted by atomic mass is 35.5. The Morgan fingerprint density at radius 1 is 1.21 bits per heavy atom. The van der Waals surface area contributed by atoms with Gasteiger partial charge in [-0.25, -0.2) is 4.39 Å². The minimum atomic E-state index is -4.89. The number of fused-ring (bicyclic) bond motifs is 3. The highest BCUT2D eigenvalue weighted by Crippen LogP contribution is 2.46. The Morgan fingerprint density at radius 3 is 2.65 bits per heavy atom. The minimum Gasteiger partial charge on any atom is -0.495 e. The summed E-state index contributed by atoms with van der Waals surface area (Å²) in [6, 6.07) is 7.99. The number of hydrogen-bond donors (Lipinski definition) is 0. The van der Waals surface area contributed by atoms with Crippen LogP contribution in [0.3, 0.4) is 0 Å². The molecule has 2 heterocycles. The third kappa shape index (κ3) is 4.32. The summed E-state index contributed by atoms with van der Waals surface area (Å²) >= 11 is 6.49. The predicted octanol–water partition coefficient (Wildman–Crippen LogP) is 5.20. The van der Waals surface area contributed by atoms with Gasteiger partial charge in [0.2, 0.25) is 5.82 Å². The van der Waals surface area contributed by atoms with Gasteiger partial charge in [0.15, 0.2) is 5.82 Å². The lowest BCUT2D eigenvalue weighted by atomic mass is 9.99. The van der Waals surface area contributed by atoms with Gasteiger partial charge in [0.25, 0.3) is 0 Å². The van der Waals surface area contributed by atoms with Gasteiger partial charge in [-0.2, -0.15) is 13.2 Å². The van der Waals surface area contributed by atoms with E-state index in [9.17, 15) is 22.4 Å². The Morgan fingerprint density at radius 2 is 1.97 bits per heavy atom. The molecule has 0 fully saturated rings. The van der Waals surface area contributed by atoms with Crippen molar-refractivity contribution in [2.45, 2.75) is 31.7 Å². The van der Waals surface area contributed by atoms with Gasteiger partial charge >= 0.3 is 12.1 Å². The smallest absolute Gasteiger partial charge is 0.452 e. The molecule has 0 unspecified atom stereocenters. The number of benzene rings is 2. The molecule has 0 saturated carbocycles. The van der Waals surface area contributed by atoms with E-state index in [1.807, 2.05) is 0 Å². The maximum absolute atomic E-state index is 14.4. The molecule has 0 bridgehead atoms. The Labute approximate surface area is 196 Å². The van der Waals surface area contributed by atoms with Crippen molar-refractivity contribution in [3.63, 3.8) is 0 Å². The number of aromatic nitrogens is 3. The van der Waals surface area contributed by atoms with E-state index >= 15 is 0 Å². The fourth-order valence-corrected chi connectivity index (χ4v) is 4.10. The van der Waals surface area contributed by atoms with Crippen molar-refractivity contribution < 1.29 is 36.6 Å². The summed E-state index contributed by atoms with van der Waals surface area (Å²) in [4.78, 5) is 12.3. The van der Waals surface area contributed by atoms with E-state index in [2.05, 4.69) is 10.2 Å². The van der Waals surface area contributed by atoms with Crippen LogP contribution < -0.4 is 4.74 Å². The van der Waals surface area contributed by atoms with Crippen molar-refractivity contribution in [1.82, 2.24) is 14.8 Å². The molecular formula is C22H18ClF4N3O4. The zero-order valence-electron chi connectivity index (χ0n) is 17.9. The molecule has 0 N–H and O–H groups in total. The van der Waals surface area contributed by atoms with Crippen LogP contribution in [0.1, 0.15) is 48.3 Å². The molecule has 2 atom stereocenters. The molecule has 0 saturated heterocycles. The Kier molecular flexibility index (Phi) is 6.50. The summed E-state index contributed by atoms with van der Waals surface area (Å²) in [5, 5.41) is 7.11. The van der Waals surface area contributed by atoms with Crippen molar-refractivity contribution in [1.29, 1.82) is 0 Å². The number of halogens is 5. The van der Waals surface area contributed by atoms with E-state index in [0.717, 1.165) is 16.7 Å². The number of esters is 1. The largest absolute Gasteiger partial charge is 0.495 e. The first-order valence-corrected chi connectivity index (χ1v) is 10.5. The normalized spacial score (nSPS) is 17.5. The second kappa shape index (κ2) is 9.22. The number of nitrogens with zero attached hydrogens (tertiary/aromatic N) is 3. The Balaban J connectivity index is 1.98. The fraction of sp³-hybridized carbons (Fsp3) is 0.318. The van der Waals surface area contributed by atoms with Crippen LogP contribution in [0.2, 0.25) is 5.02 Å². The zero-order valence-corrected chi connectivity index (χ0v) is 18.7. The van der Waals surface area contributed by atoms with Crippen LogP contribution in [0.4, 0.5) is 17.6 Å². The van der Waals surface area contributed by atoms with Gasteiger partial charge in [0.1, 0.15) is 23.8 Å². The topological polar surface area (TPSA) is 75.5 Å². The monoisotopic (exact) mass is 499 g/mol. The summed E-state index contributed by atoms with van der Waals surface area (Å²) in [6.45, 7) is 1.65. The molecule has 180 valence electrons. The first kappa shape index (κ1) is 24.0. The van der Waals surface area contributed by atoms with E-state index < -0.39 is 42.4 Å². The van der Waals surface area contributed by atoms with Crippen LogP contribution in [-0.4, -0.2) is 34.5 Å². The molecule has 1 aromatic heterocycles. The molecule has 0 radical (unpaired) electrons. The van der Waals surface area contributed by atoms with E-state index in [4.69, 9.17) is 25.8 Å². The average molecular weight is 500 g/mol. The summed E-state index contributed by atoms with van der Waals surface area (Å²) in [6.07, 6.45) is -7.84. The minimum absolute atomic E-state index is 0.0352. The standard InChI is InChI=1S/C22H18ClF4N3O4/c1-3-33-17(31)10-16-20-28-29-21(22(25,26)27)30(20)14-8-7-11(24)9-13(14)19(34-16)12-5-4-6-15(32-2)18(12)23/h4-9,16,19H,3,10H2,1-2H3/t16-,19-/m1/s1. The lowest BCUT2D eigenvalue weighted by Crippen LogP contribution is -2.18. The van der Waals surface area contributed by atoms with E-state index in [0.29, 0.717) is 5.56 Å². The zero-order chi connectivity index (χ0) is 24.6. The van der Waals surface area contributed by atoms with Crippen LogP contribution in [0.5, 0.6) is 5.75 Å². The third-order valence-electron chi connectivity index (χ3n) is 5.20. The fourth-order valence-electron chi connectivity index (χ4n) is 3.80. The number of alkyl halides is 3. The molecule has 12 heteroatoms. The molecule has 0 spiro atoms. The van der Waals surface area contributed by atoms with E-state index in [-0.39, 0.29) is 34.5 Å². The molecule has 34 heavy (non-hydrogen) atoms. The van der Waals surface area contributed by atoms with Crippen molar-refractivity contribution >= 4 is 17.6 Å². The lowest BCUT2D eigenvalue weighted by Gasteiger charge is -2.23. The SMILES string of the molecule is CCOC(=O)C[C@H]1O[C@H](c2cccc(OC)c2Cl)c2cc(F)ccc2-n2c1nnc2C(F)(F)F. The summed E-state index contributed by atoms with van der Waals surface area (Å²) < 4.78 is 72.9. The van der Waals surface area contributed by atoms with Crippen molar-refractivity contribution in [3.8, 4) is 11.4 Å². The van der Waals surface area contributed by atoms with E-state index in [1.54, 1.807) is 25.1 Å². The number of ether oxygens (including phenoxy) is 3. The summed E-state index contributed by atoms with van der Waals surface area (Å²) in [5.41, 5.74) is 0.269. The third-order valence-corrected chi connectivity index (χ3v) is 5.60. The molecule has 7 nitrogen and oxygen atoms in total. The summed E-state index contributed by atoms with van der Waals surface area (Å²) in [7, 11) is 1.40.